The molecule has 11 aromatic heterocycles. The van der Waals surface area contributed by atoms with Crippen LogP contribution in [0.1, 0.15) is 178 Å². The molecular formula is C79H83ClF12N28O3. The molecule has 0 fully saturated rings. The standard InChI is InChI=1S/2C22H23F3N8O.2C13H13F3N4.C9H11ClN4O/c2*1-11-18-19(32(3)12(2)20(34)30-18)31-21(28-11)29-15-5-6-16-14(15)9-27-33(16)10-13-4-7-17(26-8-13)22(23,24)25;14-13(15,16)12-4-1-8(5-18-12)7-20-11-3-2-10(17)9(11)6-19-20;14-13(15,16)12-4-1-8(5-18-12)6-20-7-9-10(17)2-3-11(9)19-20;1-4-6-7(13-9(10)11-4)14(3)5(2)8(15)12-6/h2*4,7-9,12,15H,5-6,10H2,1-3H3,(H,30,34)(H,28,29,31);1,4-6,10H,2-3,7,17H2;1,4-5,7,10H,2-3,6,17H2;5H,1-3H3,(H,12,15)/t12-,15+;12-,15-;;;5-/m00..0/s1. The Morgan fingerprint density at radius 2 is 0.748 bits per heavy atom. The van der Waals surface area contributed by atoms with Gasteiger partial charge in [0.05, 0.1) is 79.6 Å². The molecule has 44 heteroatoms. The number of amides is 3. The number of nitrogens with zero attached hydrogens (tertiary/aromatic N) is 21. The second kappa shape index (κ2) is 34.4. The molecule has 14 heterocycles. The van der Waals surface area contributed by atoms with Crippen LogP contribution in [0.3, 0.4) is 0 Å². The third kappa shape index (κ3) is 18.9. The van der Waals surface area contributed by atoms with Gasteiger partial charge in [-0.05, 0) is 151 Å². The Balaban J connectivity index is 0.000000130. The third-order valence-electron chi connectivity index (χ3n) is 22.3. The van der Waals surface area contributed by atoms with Crippen LogP contribution in [0.25, 0.3) is 0 Å². The molecule has 0 saturated heterocycles. The van der Waals surface area contributed by atoms with Crippen molar-refractivity contribution in [2.75, 3.05) is 62.4 Å². The highest BCUT2D eigenvalue weighted by Gasteiger charge is 2.40. The number of pyridine rings is 4. The van der Waals surface area contributed by atoms with E-state index in [1.807, 2.05) is 71.8 Å². The van der Waals surface area contributed by atoms with Crippen LogP contribution in [-0.2, 0) is 91.0 Å². The Morgan fingerprint density at radius 3 is 1.11 bits per heavy atom. The molecule has 3 amide bonds. The third-order valence-corrected chi connectivity index (χ3v) is 22.5. The number of aromatic nitrogens is 18. The molecule has 648 valence electrons. The van der Waals surface area contributed by atoms with Crippen LogP contribution in [-0.4, -0.2) is 146 Å². The number of carbonyl (C=O) groups is 3. The van der Waals surface area contributed by atoms with E-state index in [1.54, 1.807) is 49.1 Å². The molecule has 0 aromatic carbocycles. The number of hydrogen-bond donors (Lipinski definition) is 7. The zero-order chi connectivity index (χ0) is 88.2. The molecule has 4 aliphatic carbocycles. The zero-order valence-electron chi connectivity index (χ0n) is 67.4. The first-order valence-electron chi connectivity index (χ1n) is 38.9. The van der Waals surface area contributed by atoms with E-state index in [0.717, 1.165) is 121 Å². The molecule has 7 atom stereocenters. The fraction of sp³-hybridized carbons (Fsp3) is 0.405. The van der Waals surface area contributed by atoms with Crippen molar-refractivity contribution in [2.45, 2.75) is 186 Å². The average Bonchev–Trinajstić information content (AvgIpc) is 1.76. The summed E-state index contributed by atoms with van der Waals surface area (Å²) in [6.45, 7) is 12.4. The smallest absolute Gasteiger partial charge is 0.347 e. The van der Waals surface area contributed by atoms with Gasteiger partial charge in [0.25, 0.3) is 0 Å². The van der Waals surface area contributed by atoms with Crippen molar-refractivity contribution in [1.29, 1.82) is 0 Å². The van der Waals surface area contributed by atoms with Crippen LogP contribution < -0.4 is 52.8 Å². The van der Waals surface area contributed by atoms with Crippen molar-refractivity contribution in [3.63, 3.8) is 0 Å². The van der Waals surface area contributed by atoms with Gasteiger partial charge in [0, 0.05) is 104 Å². The number of halogens is 13. The lowest BCUT2D eigenvalue weighted by molar-refractivity contribution is -0.142. The molecule has 31 nitrogen and oxygen atoms in total. The predicted octanol–water partition coefficient (Wildman–Crippen LogP) is 12.4. The van der Waals surface area contributed by atoms with Gasteiger partial charge in [-0.1, -0.05) is 24.3 Å². The Kier molecular flexibility index (Phi) is 24.3. The summed E-state index contributed by atoms with van der Waals surface area (Å²) >= 11 is 5.77. The van der Waals surface area contributed by atoms with Crippen molar-refractivity contribution >= 4 is 75.7 Å². The van der Waals surface area contributed by atoms with Crippen LogP contribution >= 0.6 is 11.6 Å². The van der Waals surface area contributed by atoms with Gasteiger partial charge in [-0.3, -0.25) is 53.0 Å². The Labute approximate surface area is 699 Å². The van der Waals surface area contributed by atoms with Gasteiger partial charge in [0.2, 0.25) is 34.9 Å². The summed E-state index contributed by atoms with van der Waals surface area (Å²) in [6.07, 6.45) is 1.01. The fourth-order valence-electron chi connectivity index (χ4n) is 15.0. The number of nitrogens with two attached hydrogens (primary N) is 2. The van der Waals surface area contributed by atoms with Crippen molar-refractivity contribution < 1.29 is 67.1 Å². The number of nitrogens with one attached hydrogen (secondary N) is 5. The number of alkyl halides is 12. The largest absolute Gasteiger partial charge is 0.433 e. The van der Waals surface area contributed by atoms with Crippen LogP contribution in [0.15, 0.2) is 98.1 Å². The molecule has 3 aliphatic heterocycles. The average molecular weight is 1740 g/mol. The second-order valence-corrected chi connectivity index (χ2v) is 30.9. The first-order valence-corrected chi connectivity index (χ1v) is 39.2. The second-order valence-electron chi connectivity index (χ2n) is 30.6. The molecule has 2 unspecified atom stereocenters. The summed E-state index contributed by atoms with van der Waals surface area (Å²) in [7, 11) is 5.46. The SMILES string of the molecule is Cc1nc(Cl)nc2c1NC(=O)[C@H](C)N2C.Cc1nc(N[C@@H]2CCc3c2cnn3Cc2ccc(C(F)(F)F)nc2)nc2c1NC(=O)[C@H](C)N2C.Cc1nc(N[C@H]2CCc3c2cnn3Cc2ccc(C(F)(F)F)nc2)nc2c1NC(=O)[C@H](C)N2C.NC1CCc2c1cnn2Cc1ccc(C(F)(F)F)nc1.NC1CCc2nn(Cc3ccc(C(F)(F)F)nc3)cc21. The van der Waals surface area contributed by atoms with Crippen LogP contribution in [0.5, 0.6) is 0 Å². The van der Waals surface area contributed by atoms with E-state index in [9.17, 15) is 67.1 Å². The van der Waals surface area contributed by atoms with Gasteiger partial charge in [0.15, 0.2) is 17.5 Å². The van der Waals surface area contributed by atoms with E-state index in [1.165, 1.54) is 49.1 Å². The van der Waals surface area contributed by atoms with Gasteiger partial charge in [-0.25, -0.2) is 15.0 Å². The minimum atomic E-state index is -4.46. The lowest BCUT2D eigenvalue weighted by Gasteiger charge is -2.32. The molecule has 7 aliphatic rings. The Bertz CT molecular complexity index is 5540. The molecule has 123 heavy (non-hydrogen) atoms. The normalized spacial score (nSPS) is 19.2. The van der Waals surface area contributed by atoms with Crippen LogP contribution in [0.4, 0.5) is 99.1 Å². The monoisotopic (exact) mass is 1730 g/mol. The van der Waals surface area contributed by atoms with E-state index in [2.05, 4.69) is 96.8 Å². The minimum Gasteiger partial charge on any atom is -0.347 e. The topological polar surface area (TPSA) is 373 Å². The van der Waals surface area contributed by atoms with E-state index >= 15 is 0 Å². The van der Waals surface area contributed by atoms with Gasteiger partial charge in [-0.2, -0.15) is 88.0 Å². The van der Waals surface area contributed by atoms with Crippen molar-refractivity contribution in [2.24, 2.45) is 11.5 Å². The van der Waals surface area contributed by atoms with Gasteiger partial charge in [0.1, 0.15) is 58.0 Å². The van der Waals surface area contributed by atoms with Crippen molar-refractivity contribution in [3.8, 4) is 0 Å². The molecular weight excluding hydrogens is 1650 g/mol. The summed E-state index contributed by atoms with van der Waals surface area (Å²) in [5.74, 6) is 2.65. The number of aryl methyl sites for hydroxylation is 4. The molecule has 0 radical (unpaired) electrons. The summed E-state index contributed by atoms with van der Waals surface area (Å²) in [5.41, 5.74) is 23.0. The molecule has 0 spiro atoms. The van der Waals surface area contributed by atoms with E-state index in [0.29, 0.717) is 112 Å². The summed E-state index contributed by atoms with van der Waals surface area (Å²) in [5, 5.41) is 33.0. The van der Waals surface area contributed by atoms with Gasteiger partial charge in [-0.15, -0.1) is 0 Å². The quantitative estimate of drug-likeness (QED) is 0.0441. The van der Waals surface area contributed by atoms with Crippen LogP contribution in [0.2, 0.25) is 5.28 Å². The number of carbonyl (C=O) groups excluding carboxylic acids is 3. The summed E-state index contributed by atoms with van der Waals surface area (Å²) < 4.78 is 158. The number of likely N-dealkylation sites (N-methyl/N-ethyl adjacent to an activating group) is 3. The highest BCUT2D eigenvalue weighted by molar-refractivity contribution is 6.28. The molecule has 18 rings (SSSR count). The van der Waals surface area contributed by atoms with Crippen LogP contribution in [0, 0.1) is 20.8 Å². The number of fused-ring (bicyclic) bond motifs is 7. The van der Waals surface area contributed by atoms with Crippen molar-refractivity contribution in [1.82, 2.24) is 89.0 Å². The highest BCUT2D eigenvalue weighted by Crippen LogP contribution is 2.42. The minimum absolute atomic E-state index is 0.0180. The highest BCUT2D eigenvalue weighted by atomic mass is 35.5. The summed E-state index contributed by atoms with van der Waals surface area (Å²) in [6, 6.07) is 8.65. The Morgan fingerprint density at radius 1 is 0.423 bits per heavy atom. The van der Waals surface area contributed by atoms with Crippen molar-refractivity contribution in [3.05, 3.63) is 211 Å². The Hall–Kier alpha value is -12.5. The molecule has 11 aromatic rings. The molecule has 0 saturated carbocycles. The maximum atomic E-state index is 12.8. The zero-order valence-corrected chi connectivity index (χ0v) is 68.2. The van der Waals surface area contributed by atoms with E-state index in [4.69, 9.17) is 23.1 Å². The van der Waals surface area contributed by atoms with E-state index < -0.39 is 47.5 Å². The number of rotatable bonds is 12. The van der Waals surface area contributed by atoms with E-state index in [-0.39, 0.29) is 65.3 Å². The lowest BCUT2D eigenvalue weighted by atomic mass is 10.1. The maximum absolute atomic E-state index is 12.8. The first kappa shape index (κ1) is 86.8. The first-order chi connectivity index (χ1) is 58.1. The summed E-state index contributed by atoms with van der Waals surface area (Å²) in [4.78, 5) is 81.6. The fourth-order valence-corrected chi connectivity index (χ4v) is 15.2. The molecule has 9 N–H and O–H groups in total. The van der Waals surface area contributed by atoms with Gasteiger partial charge >= 0.3 is 24.7 Å². The van der Waals surface area contributed by atoms with Gasteiger partial charge < -0.3 is 52.8 Å². The maximum Gasteiger partial charge on any atom is 0.433 e. The lowest BCUT2D eigenvalue weighted by Crippen LogP contribution is -2.44. The predicted molar refractivity (Wildman–Crippen MR) is 427 cm³/mol. The molecule has 0 bridgehead atoms. The number of anilines is 8. The number of hydrogen-bond acceptors (Lipinski definition) is 24.